The van der Waals surface area contributed by atoms with Crippen molar-refractivity contribution in [3.63, 3.8) is 0 Å². The summed E-state index contributed by atoms with van der Waals surface area (Å²) in [7, 11) is 0. The molecule has 29 heavy (non-hydrogen) atoms. The highest BCUT2D eigenvalue weighted by molar-refractivity contribution is 6.33. The Hall–Kier alpha value is -2.22. The third-order valence-electron chi connectivity index (χ3n) is 5.93. The maximum Gasteiger partial charge on any atom is 0.175 e. The first kappa shape index (κ1) is 20.1. The molecule has 4 heterocycles. The second kappa shape index (κ2) is 7.55. The Bertz CT molecular complexity index is 1040. The van der Waals surface area contributed by atoms with Gasteiger partial charge in [0.05, 0.1) is 27.7 Å². The lowest BCUT2D eigenvalue weighted by atomic mass is 9.84. The monoisotopic (exact) mass is 417 g/mol. The molecule has 2 N–H and O–H groups in total. The number of anilines is 1. The van der Waals surface area contributed by atoms with E-state index in [1.807, 2.05) is 43.9 Å². The minimum Gasteiger partial charge on any atom is -0.388 e. The predicted molar refractivity (Wildman–Crippen MR) is 113 cm³/mol. The molecule has 0 aliphatic carbocycles. The van der Waals surface area contributed by atoms with Gasteiger partial charge in [-0.25, -0.2) is 9.37 Å². The van der Waals surface area contributed by atoms with Gasteiger partial charge in [0.15, 0.2) is 11.6 Å². The second-order valence-corrected chi connectivity index (χ2v) is 8.43. The number of halogens is 2. The van der Waals surface area contributed by atoms with E-state index in [9.17, 15) is 9.50 Å². The third-order valence-corrected chi connectivity index (χ3v) is 6.21. The van der Waals surface area contributed by atoms with Gasteiger partial charge in [-0.15, -0.1) is 0 Å². The molecule has 0 radical (unpaired) electrons. The van der Waals surface area contributed by atoms with Crippen LogP contribution in [0.5, 0.6) is 0 Å². The van der Waals surface area contributed by atoms with Crippen molar-refractivity contribution in [3.05, 3.63) is 47.5 Å². The van der Waals surface area contributed by atoms with E-state index in [0.29, 0.717) is 25.5 Å². The molecule has 1 aliphatic rings. The molecule has 0 spiro atoms. The average molecular weight is 418 g/mol. The van der Waals surface area contributed by atoms with E-state index in [2.05, 4.69) is 15.3 Å². The van der Waals surface area contributed by atoms with Gasteiger partial charge < -0.3 is 15.3 Å². The molecule has 1 fully saturated rings. The summed E-state index contributed by atoms with van der Waals surface area (Å²) in [6.07, 6.45) is 3.45. The number of aromatic nitrogens is 3. The average Bonchev–Trinajstić information content (AvgIpc) is 3.12. The van der Waals surface area contributed by atoms with Crippen molar-refractivity contribution in [2.75, 3.05) is 24.5 Å². The molecule has 0 aromatic carbocycles. The summed E-state index contributed by atoms with van der Waals surface area (Å²) in [6.45, 7) is 7.69. The zero-order chi connectivity index (χ0) is 20.8. The van der Waals surface area contributed by atoms with Gasteiger partial charge in [0, 0.05) is 38.1 Å². The molecular weight excluding hydrogens is 393 g/mol. The first-order valence-electron chi connectivity index (χ1n) is 9.78. The van der Waals surface area contributed by atoms with Gasteiger partial charge in [0.2, 0.25) is 0 Å². The van der Waals surface area contributed by atoms with E-state index >= 15 is 0 Å². The van der Waals surface area contributed by atoms with Gasteiger partial charge in [-0.1, -0.05) is 25.4 Å². The quantitative estimate of drug-likeness (QED) is 0.681. The van der Waals surface area contributed by atoms with E-state index in [1.54, 1.807) is 17.0 Å². The summed E-state index contributed by atoms with van der Waals surface area (Å²) in [4.78, 5) is 10.9. The van der Waals surface area contributed by atoms with Crippen LogP contribution in [-0.4, -0.2) is 50.9 Å². The van der Waals surface area contributed by atoms with Gasteiger partial charge in [0.1, 0.15) is 5.82 Å². The predicted octanol–water partition coefficient (Wildman–Crippen LogP) is 3.40. The first-order valence-corrected chi connectivity index (χ1v) is 10.2. The van der Waals surface area contributed by atoms with Crippen LogP contribution in [0.4, 0.5) is 10.2 Å². The highest BCUT2D eigenvalue weighted by Crippen LogP contribution is 2.31. The van der Waals surface area contributed by atoms with Crippen molar-refractivity contribution < 1.29 is 9.50 Å². The van der Waals surface area contributed by atoms with Crippen LogP contribution in [-0.2, 0) is 0 Å². The minimum absolute atomic E-state index is 0.0749. The van der Waals surface area contributed by atoms with Crippen LogP contribution in [0, 0.1) is 11.7 Å². The summed E-state index contributed by atoms with van der Waals surface area (Å²) in [5.41, 5.74) is 0.643. The van der Waals surface area contributed by atoms with E-state index in [4.69, 9.17) is 11.6 Å². The summed E-state index contributed by atoms with van der Waals surface area (Å²) < 4.78 is 16.5. The van der Waals surface area contributed by atoms with Crippen LogP contribution in [0.1, 0.15) is 20.8 Å². The standard InChI is InChI=1S/C21H25ClFN5O/c1-13(2)21(3,29)18-12-27(10-8-25-18)19-14(22)11-15(23)20(26-19)28-9-6-16-17(28)5-4-7-24-16/h4-7,9,11,13,18,25,29H,8,10,12H2,1-3H3/t18-,21+/m0/s1. The molecule has 154 valence electrons. The van der Waals surface area contributed by atoms with Gasteiger partial charge in [-0.3, -0.25) is 9.55 Å². The van der Waals surface area contributed by atoms with Crippen molar-refractivity contribution in [2.45, 2.75) is 32.4 Å². The van der Waals surface area contributed by atoms with Gasteiger partial charge in [0.25, 0.3) is 0 Å². The SMILES string of the molecule is CC(C)[C@@](C)(O)[C@@H]1CN(c2nc(-n3ccc4ncccc43)c(F)cc2Cl)CCN1. The Morgan fingerprint density at radius 2 is 2.14 bits per heavy atom. The molecule has 0 amide bonds. The molecule has 0 bridgehead atoms. The number of piperazine rings is 1. The fourth-order valence-electron chi connectivity index (χ4n) is 3.73. The largest absolute Gasteiger partial charge is 0.388 e. The van der Waals surface area contributed by atoms with Gasteiger partial charge in [-0.2, -0.15) is 0 Å². The minimum atomic E-state index is -0.893. The number of aliphatic hydroxyl groups is 1. The van der Waals surface area contributed by atoms with Crippen LogP contribution in [0.2, 0.25) is 5.02 Å². The molecule has 6 nitrogen and oxygen atoms in total. The summed E-state index contributed by atoms with van der Waals surface area (Å²) in [6, 6.07) is 6.66. The number of rotatable bonds is 4. The molecule has 1 saturated heterocycles. The summed E-state index contributed by atoms with van der Waals surface area (Å²) in [5.74, 6) is 0.268. The van der Waals surface area contributed by atoms with Crippen molar-refractivity contribution in [3.8, 4) is 5.82 Å². The van der Waals surface area contributed by atoms with Crippen molar-refractivity contribution >= 4 is 28.5 Å². The topological polar surface area (TPSA) is 66.2 Å². The molecule has 3 aromatic heterocycles. The number of nitrogens with one attached hydrogen (secondary N) is 1. The maximum absolute atomic E-state index is 14.8. The molecule has 2 atom stereocenters. The van der Waals surface area contributed by atoms with E-state index < -0.39 is 11.4 Å². The molecule has 8 heteroatoms. The number of pyridine rings is 2. The molecule has 1 aliphatic heterocycles. The maximum atomic E-state index is 14.8. The number of hydrogen-bond acceptors (Lipinski definition) is 5. The lowest BCUT2D eigenvalue weighted by Gasteiger charge is -2.43. The fourth-order valence-corrected chi connectivity index (χ4v) is 3.98. The fraction of sp³-hybridized carbons (Fsp3) is 0.429. The van der Waals surface area contributed by atoms with E-state index in [-0.39, 0.29) is 22.8 Å². The van der Waals surface area contributed by atoms with Crippen molar-refractivity contribution in [2.24, 2.45) is 5.92 Å². The zero-order valence-corrected chi connectivity index (χ0v) is 17.5. The molecule has 4 rings (SSSR count). The van der Waals surface area contributed by atoms with Crippen LogP contribution in [0.15, 0.2) is 36.7 Å². The number of nitrogens with zero attached hydrogens (tertiary/aromatic N) is 4. The van der Waals surface area contributed by atoms with Gasteiger partial charge in [-0.05, 0) is 31.0 Å². The molecule has 3 aromatic rings. The summed E-state index contributed by atoms with van der Waals surface area (Å²) >= 11 is 6.39. The van der Waals surface area contributed by atoms with Crippen molar-refractivity contribution in [1.82, 2.24) is 19.9 Å². The van der Waals surface area contributed by atoms with Gasteiger partial charge >= 0.3 is 0 Å². The lowest BCUT2D eigenvalue weighted by Crippen LogP contribution is -2.62. The number of hydrogen-bond donors (Lipinski definition) is 2. The summed E-state index contributed by atoms with van der Waals surface area (Å²) in [5, 5.41) is 14.5. The van der Waals surface area contributed by atoms with Crippen LogP contribution >= 0.6 is 11.6 Å². The van der Waals surface area contributed by atoms with Crippen molar-refractivity contribution in [1.29, 1.82) is 0 Å². The molecule has 0 unspecified atom stereocenters. The normalized spacial score (nSPS) is 19.7. The Morgan fingerprint density at radius 3 is 2.90 bits per heavy atom. The Morgan fingerprint density at radius 1 is 1.34 bits per heavy atom. The Labute approximate surface area is 174 Å². The number of fused-ring (bicyclic) bond motifs is 1. The van der Waals surface area contributed by atoms with E-state index in [1.165, 1.54) is 6.07 Å². The Kier molecular flexibility index (Phi) is 5.23. The Balaban J connectivity index is 1.73. The molecular formula is C21H25ClFN5O. The van der Waals surface area contributed by atoms with Crippen LogP contribution in [0.3, 0.4) is 0 Å². The smallest absolute Gasteiger partial charge is 0.175 e. The molecule has 0 saturated carbocycles. The second-order valence-electron chi connectivity index (χ2n) is 8.03. The van der Waals surface area contributed by atoms with Crippen LogP contribution in [0.25, 0.3) is 16.9 Å². The third kappa shape index (κ3) is 3.58. The van der Waals surface area contributed by atoms with Crippen LogP contribution < -0.4 is 10.2 Å². The lowest BCUT2D eigenvalue weighted by molar-refractivity contribution is -0.0231. The van der Waals surface area contributed by atoms with E-state index in [0.717, 1.165) is 11.0 Å². The highest BCUT2D eigenvalue weighted by Gasteiger charge is 2.38. The first-order chi connectivity index (χ1) is 13.8. The zero-order valence-electron chi connectivity index (χ0n) is 16.7. The highest BCUT2D eigenvalue weighted by atomic mass is 35.5.